The van der Waals surface area contributed by atoms with Crippen LogP contribution in [-0.4, -0.2) is 44.2 Å². The number of rotatable bonds is 9. The molecule has 158 valence electrons. The number of nitrogens with zero attached hydrogens (tertiary/aromatic N) is 1. The van der Waals surface area contributed by atoms with E-state index in [1.54, 1.807) is 0 Å². The molecule has 0 aliphatic carbocycles. The Bertz CT molecular complexity index is 667. The third-order valence-electron chi connectivity index (χ3n) is 4.12. The number of hydrogen-bond donors (Lipinski definition) is 3. The third-order valence-corrected chi connectivity index (χ3v) is 4.12. The average Bonchev–Trinajstić information content (AvgIpc) is 3.01. The molecule has 1 atom stereocenters. The first-order valence-corrected chi connectivity index (χ1v) is 9.81. The highest BCUT2D eigenvalue weighted by Crippen LogP contribution is 2.35. The number of aliphatic imine (C=N–C) groups is 1. The molecule has 0 saturated heterocycles. The maximum atomic E-state index is 11.8. The number of hydrogen-bond acceptors (Lipinski definition) is 4. The van der Waals surface area contributed by atoms with Crippen LogP contribution in [0.5, 0.6) is 11.5 Å². The lowest BCUT2D eigenvalue weighted by Crippen LogP contribution is -2.43. The number of halogens is 1. The smallest absolute Gasteiger partial charge is 0.239 e. The second kappa shape index (κ2) is 12.7. The van der Waals surface area contributed by atoms with Crippen LogP contribution in [0, 0.1) is 0 Å². The minimum absolute atomic E-state index is 0. The van der Waals surface area contributed by atoms with Gasteiger partial charge in [-0.3, -0.25) is 4.79 Å². The standard InChI is InChI=1S/C20H32N4O3.HI/c1-5-8-22-19(25)13-24-20(21-6-2)23-12-16-11-18-15(9-14(4)27-18)10-17(16)26-7-3;/h10-11,14H,5-9,12-13H2,1-4H3,(H,22,25)(H2,21,23,24);1H. The lowest BCUT2D eigenvalue weighted by Gasteiger charge is -2.14. The highest BCUT2D eigenvalue weighted by molar-refractivity contribution is 14.0. The highest BCUT2D eigenvalue weighted by atomic mass is 127. The Hall–Kier alpha value is -1.71. The van der Waals surface area contributed by atoms with E-state index in [4.69, 9.17) is 9.47 Å². The Balaban J connectivity index is 0.00000392. The third kappa shape index (κ3) is 7.37. The molecule has 1 aromatic rings. The molecular weight excluding hydrogens is 471 g/mol. The number of amides is 1. The van der Waals surface area contributed by atoms with Crippen LogP contribution in [0.2, 0.25) is 0 Å². The molecule has 1 amide bonds. The molecule has 0 bridgehead atoms. The summed E-state index contributed by atoms with van der Waals surface area (Å²) < 4.78 is 11.7. The maximum Gasteiger partial charge on any atom is 0.239 e. The van der Waals surface area contributed by atoms with Crippen molar-refractivity contribution in [3.05, 3.63) is 23.3 Å². The summed E-state index contributed by atoms with van der Waals surface area (Å²) in [6.07, 6.45) is 2.00. The van der Waals surface area contributed by atoms with Gasteiger partial charge in [0.2, 0.25) is 5.91 Å². The molecule has 0 saturated carbocycles. The van der Waals surface area contributed by atoms with Crippen LogP contribution in [-0.2, 0) is 17.8 Å². The van der Waals surface area contributed by atoms with Crippen molar-refractivity contribution in [3.63, 3.8) is 0 Å². The molecule has 2 rings (SSSR count). The van der Waals surface area contributed by atoms with Crippen molar-refractivity contribution in [2.24, 2.45) is 4.99 Å². The Morgan fingerprint density at radius 1 is 1.25 bits per heavy atom. The molecule has 1 aliphatic rings. The van der Waals surface area contributed by atoms with Crippen LogP contribution >= 0.6 is 24.0 Å². The zero-order chi connectivity index (χ0) is 19.6. The monoisotopic (exact) mass is 504 g/mol. The van der Waals surface area contributed by atoms with Crippen molar-refractivity contribution in [1.29, 1.82) is 0 Å². The van der Waals surface area contributed by atoms with E-state index >= 15 is 0 Å². The fourth-order valence-electron chi connectivity index (χ4n) is 2.89. The van der Waals surface area contributed by atoms with Crippen LogP contribution < -0.4 is 25.4 Å². The van der Waals surface area contributed by atoms with E-state index in [1.165, 1.54) is 5.56 Å². The summed E-state index contributed by atoms with van der Waals surface area (Å²) in [5.41, 5.74) is 2.15. The quantitative estimate of drug-likeness (QED) is 0.274. The molecule has 0 spiro atoms. The van der Waals surface area contributed by atoms with Gasteiger partial charge in [-0.05, 0) is 39.3 Å². The van der Waals surface area contributed by atoms with Crippen molar-refractivity contribution in [2.45, 2.75) is 53.2 Å². The number of guanidine groups is 1. The number of carbonyl (C=O) groups is 1. The zero-order valence-electron chi connectivity index (χ0n) is 17.3. The first-order chi connectivity index (χ1) is 13.1. The highest BCUT2D eigenvalue weighted by Gasteiger charge is 2.21. The first kappa shape index (κ1) is 24.3. The number of benzene rings is 1. The molecule has 0 fully saturated rings. The average molecular weight is 504 g/mol. The molecule has 1 aromatic carbocycles. The molecular formula is C20H33IN4O3. The van der Waals surface area contributed by atoms with E-state index in [1.807, 2.05) is 26.8 Å². The predicted molar refractivity (Wildman–Crippen MR) is 123 cm³/mol. The molecule has 0 aromatic heterocycles. The number of ether oxygens (including phenoxy) is 2. The Labute approximate surface area is 185 Å². The molecule has 1 heterocycles. The van der Waals surface area contributed by atoms with E-state index in [2.05, 4.69) is 33.9 Å². The molecule has 8 heteroatoms. The molecule has 1 unspecified atom stereocenters. The van der Waals surface area contributed by atoms with Gasteiger partial charge in [-0.1, -0.05) is 6.92 Å². The van der Waals surface area contributed by atoms with Crippen molar-refractivity contribution >= 4 is 35.8 Å². The number of fused-ring (bicyclic) bond motifs is 1. The zero-order valence-corrected chi connectivity index (χ0v) is 19.6. The topological polar surface area (TPSA) is 84.0 Å². The van der Waals surface area contributed by atoms with Gasteiger partial charge in [-0.2, -0.15) is 0 Å². The van der Waals surface area contributed by atoms with E-state index in [-0.39, 0.29) is 42.5 Å². The summed E-state index contributed by atoms with van der Waals surface area (Å²) in [4.78, 5) is 16.4. The fourth-order valence-corrected chi connectivity index (χ4v) is 2.89. The fraction of sp³-hybridized carbons (Fsp3) is 0.600. The summed E-state index contributed by atoms with van der Waals surface area (Å²) in [6.45, 7) is 10.7. The van der Waals surface area contributed by atoms with Crippen molar-refractivity contribution in [2.75, 3.05) is 26.2 Å². The second-order valence-electron chi connectivity index (χ2n) is 6.53. The van der Waals surface area contributed by atoms with Crippen LogP contribution in [0.15, 0.2) is 17.1 Å². The van der Waals surface area contributed by atoms with Crippen molar-refractivity contribution < 1.29 is 14.3 Å². The first-order valence-electron chi connectivity index (χ1n) is 9.81. The van der Waals surface area contributed by atoms with E-state index in [0.29, 0.717) is 32.2 Å². The summed E-state index contributed by atoms with van der Waals surface area (Å²) in [7, 11) is 0. The Kier molecular flexibility index (Phi) is 11.0. The van der Waals surface area contributed by atoms with Crippen LogP contribution in [0.1, 0.15) is 45.2 Å². The number of nitrogens with one attached hydrogen (secondary N) is 3. The van der Waals surface area contributed by atoms with Crippen LogP contribution in [0.25, 0.3) is 0 Å². The van der Waals surface area contributed by atoms with Gasteiger partial charge in [0, 0.05) is 30.6 Å². The minimum Gasteiger partial charge on any atom is -0.494 e. The predicted octanol–water partition coefficient (Wildman–Crippen LogP) is 2.61. The van der Waals surface area contributed by atoms with Crippen LogP contribution in [0.4, 0.5) is 0 Å². The SMILES string of the molecule is CCCNC(=O)CNC(=NCc1cc2c(cc1OCC)CC(C)O2)NCC.I. The summed E-state index contributed by atoms with van der Waals surface area (Å²) in [5.74, 6) is 2.31. The molecule has 28 heavy (non-hydrogen) atoms. The molecule has 7 nitrogen and oxygen atoms in total. The Morgan fingerprint density at radius 3 is 2.71 bits per heavy atom. The second-order valence-corrected chi connectivity index (χ2v) is 6.53. The normalized spacial score (nSPS) is 15.1. The molecule has 0 radical (unpaired) electrons. The number of carbonyl (C=O) groups excluding carboxylic acids is 1. The maximum absolute atomic E-state index is 11.8. The van der Waals surface area contributed by atoms with Crippen molar-refractivity contribution in [3.8, 4) is 11.5 Å². The van der Waals surface area contributed by atoms with Gasteiger partial charge in [0.05, 0.1) is 19.7 Å². The summed E-state index contributed by atoms with van der Waals surface area (Å²) >= 11 is 0. The lowest BCUT2D eigenvalue weighted by atomic mass is 10.1. The van der Waals surface area contributed by atoms with Gasteiger partial charge in [0.1, 0.15) is 17.6 Å². The molecule has 1 aliphatic heterocycles. The van der Waals surface area contributed by atoms with E-state index in [9.17, 15) is 4.79 Å². The molecule has 3 N–H and O–H groups in total. The van der Waals surface area contributed by atoms with Crippen LogP contribution in [0.3, 0.4) is 0 Å². The summed E-state index contributed by atoms with van der Waals surface area (Å²) in [6, 6.07) is 4.08. The van der Waals surface area contributed by atoms with Gasteiger partial charge >= 0.3 is 0 Å². The summed E-state index contributed by atoms with van der Waals surface area (Å²) in [5, 5.41) is 9.07. The van der Waals surface area contributed by atoms with Gasteiger partial charge < -0.3 is 25.4 Å². The van der Waals surface area contributed by atoms with E-state index in [0.717, 1.165) is 29.9 Å². The van der Waals surface area contributed by atoms with Crippen molar-refractivity contribution in [1.82, 2.24) is 16.0 Å². The van der Waals surface area contributed by atoms with E-state index < -0.39 is 0 Å². The van der Waals surface area contributed by atoms with Gasteiger partial charge in [0.25, 0.3) is 0 Å². The largest absolute Gasteiger partial charge is 0.494 e. The minimum atomic E-state index is -0.0441. The van der Waals surface area contributed by atoms with Gasteiger partial charge in [-0.25, -0.2) is 4.99 Å². The van der Waals surface area contributed by atoms with Gasteiger partial charge in [0.15, 0.2) is 5.96 Å². The lowest BCUT2D eigenvalue weighted by molar-refractivity contribution is -0.120. The van der Waals surface area contributed by atoms with Gasteiger partial charge in [-0.15, -0.1) is 24.0 Å². The Morgan fingerprint density at radius 2 is 2.04 bits per heavy atom.